The molecule has 0 saturated heterocycles. The van der Waals surface area contributed by atoms with Crippen LogP contribution in [0.2, 0.25) is 0 Å². The highest BCUT2D eigenvalue weighted by atomic mass is 19.4. The summed E-state index contributed by atoms with van der Waals surface area (Å²) in [7, 11) is 1.02. The Bertz CT molecular complexity index is 222. The molecular formula is C7H10F3NO2. The second kappa shape index (κ2) is 2.87. The first-order valence-electron chi connectivity index (χ1n) is 3.75. The summed E-state index contributed by atoms with van der Waals surface area (Å²) in [6.07, 6.45) is -4.60. The van der Waals surface area contributed by atoms with Crippen molar-refractivity contribution in [3.63, 3.8) is 0 Å². The summed E-state index contributed by atoms with van der Waals surface area (Å²) in [5.74, 6) is -1.00. The van der Waals surface area contributed by atoms with Crippen molar-refractivity contribution in [2.45, 2.75) is 25.1 Å². The maximum Gasteiger partial charge on any atom is 0.396 e. The van der Waals surface area contributed by atoms with Crippen LogP contribution < -0.4 is 5.73 Å². The van der Waals surface area contributed by atoms with Crippen LogP contribution in [0.5, 0.6) is 0 Å². The number of carbonyl (C=O) groups is 1. The van der Waals surface area contributed by atoms with Crippen molar-refractivity contribution in [2.75, 3.05) is 7.11 Å². The Hall–Kier alpha value is -0.780. The fraction of sp³-hybridized carbons (Fsp3) is 0.857. The van der Waals surface area contributed by atoms with Crippen molar-refractivity contribution in [3.05, 3.63) is 0 Å². The zero-order chi connectivity index (χ0) is 10.3. The van der Waals surface area contributed by atoms with Gasteiger partial charge in [0.1, 0.15) is 6.04 Å². The molecule has 1 unspecified atom stereocenters. The highest BCUT2D eigenvalue weighted by Crippen LogP contribution is 2.59. The van der Waals surface area contributed by atoms with Gasteiger partial charge in [0, 0.05) is 0 Å². The van der Waals surface area contributed by atoms with Crippen LogP contribution in [-0.4, -0.2) is 25.3 Å². The zero-order valence-electron chi connectivity index (χ0n) is 7.02. The molecule has 1 saturated carbocycles. The van der Waals surface area contributed by atoms with E-state index in [4.69, 9.17) is 5.73 Å². The van der Waals surface area contributed by atoms with E-state index in [1.54, 1.807) is 0 Å². The first-order valence-corrected chi connectivity index (χ1v) is 3.75. The topological polar surface area (TPSA) is 52.3 Å². The van der Waals surface area contributed by atoms with Gasteiger partial charge >= 0.3 is 12.1 Å². The summed E-state index contributed by atoms with van der Waals surface area (Å²) in [5.41, 5.74) is 3.13. The monoisotopic (exact) mass is 197 g/mol. The van der Waals surface area contributed by atoms with Crippen molar-refractivity contribution in [2.24, 2.45) is 11.1 Å². The maximum atomic E-state index is 12.4. The Labute approximate surface area is 73.0 Å². The zero-order valence-corrected chi connectivity index (χ0v) is 7.02. The molecule has 1 aliphatic carbocycles. The first kappa shape index (κ1) is 10.3. The van der Waals surface area contributed by atoms with Gasteiger partial charge < -0.3 is 10.5 Å². The van der Waals surface area contributed by atoms with Crippen LogP contribution in [0.1, 0.15) is 12.8 Å². The minimum Gasteiger partial charge on any atom is -0.468 e. The third kappa shape index (κ3) is 1.50. The van der Waals surface area contributed by atoms with E-state index in [0.717, 1.165) is 7.11 Å². The van der Waals surface area contributed by atoms with E-state index in [1.165, 1.54) is 0 Å². The summed E-state index contributed by atoms with van der Waals surface area (Å²) in [4.78, 5) is 10.8. The van der Waals surface area contributed by atoms with Crippen LogP contribution in [0.3, 0.4) is 0 Å². The Morgan fingerprint density at radius 1 is 1.54 bits per heavy atom. The molecule has 6 heteroatoms. The van der Waals surface area contributed by atoms with Gasteiger partial charge in [-0.2, -0.15) is 13.2 Å². The van der Waals surface area contributed by atoms with Gasteiger partial charge in [-0.15, -0.1) is 0 Å². The van der Waals surface area contributed by atoms with Gasteiger partial charge in [-0.25, -0.2) is 0 Å². The predicted molar refractivity (Wildman–Crippen MR) is 37.7 cm³/mol. The molecular weight excluding hydrogens is 187 g/mol. The summed E-state index contributed by atoms with van der Waals surface area (Å²) >= 11 is 0. The highest BCUT2D eigenvalue weighted by Gasteiger charge is 2.68. The van der Waals surface area contributed by atoms with Gasteiger partial charge in [0.25, 0.3) is 0 Å². The highest BCUT2D eigenvalue weighted by molar-refractivity contribution is 5.77. The van der Waals surface area contributed by atoms with Gasteiger partial charge in [-0.1, -0.05) is 0 Å². The number of esters is 1. The second-order valence-corrected chi connectivity index (χ2v) is 3.15. The third-order valence-electron chi connectivity index (χ3n) is 2.40. The number of methoxy groups -OCH3 is 1. The summed E-state index contributed by atoms with van der Waals surface area (Å²) in [6, 6.07) is -1.59. The minimum absolute atomic E-state index is 0.0905. The van der Waals surface area contributed by atoms with Crippen LogP contribution in [-0.2, 0) is 9.53 Å². The van der Waals surface area contributed by atoms with E-state index in [2.05, 4.69) is 4.74 Å². The Morgan fingerprint density at radius 3 is 2.23 bits per heavy atom. The van der Waals surface area contributed by atoms with Crippen molar-refractivity contribution in [3.8, 4) is 0 Å². The molecule has 0 heterocycles. The molecule has 2 N–H and O–H groups in total. The standard InChI is InChI=1S/C7H10F3NO2/c1-13-5(12)4(11)6(2-3-6)7(8,9)10/h4H,2-3,11H2,1H3. The van der Waals surface area contributed by atoms with Crippen molar-refractivity contribution in [1.82, 2.24) is 0 Å². The summed E-state index contributed by atoms with van der Waals surface area (Å²) in [6.45, 7) is 0. The van der Waals surface area contributed by atoms with E-state index < -0.39 is 23.6 Å². The van der Waals surface area contributed by atoms with E-state index in [1.807, 2.05) is 0 Å². The maximum absolute atomic E-state index is 12.4. The minimum atomic E-state index is -4.42. The average molecular weight is 197 g/mol. The molecule has 0 aromatic carbocycles. The lowest BCUT2D eigenvalue weighted by atomic mass is 9.97. The molecule has 0 bridgehead atoms. The fourth-order valence-electron chi connectivity index (χ4n) is 1.26. The van der Waals surface area contributed by atoms with Gasteiger partial charge in [0.05, 0.1) is 12.5 Å². The molecule has 1 aliphatic rings. The van der Waals surface area contributed by atoms with Gasteiger partial charge in [0.15, 0.2) is 0 Å². The number of carbonyl (C=O) groups excluding carboxylic acids is 1. The van der Waals surface area contributed by atoms with E-state index in [-0.39, 0.29) is 12.8 Å². The number of hydrogen-bond acceptors (Lipinski definition) is 3. The van der Waals surface area contributed by atoms with Crippen LogP contribution in [0.4, 0.5) is 13.2 Å². The van der Waals surface area contributed by atoms with Crippen molar-refractivity contribution in [1.29, 1.82) is 0 Å². The molecule has 0 radical (unpaired) electrons. The van der Waals surface area contributed by atoms with E-state index >= 15 is 0 Å². The number of hydrogen-bond donors (Lipinski definition) is 1. The molecule has 0 aromatic rings. The molecule has 0 spiro atoms. The summed E-state index contributed by atoms with van der Waals surface area (Å²) < 4.78 is 41.2. The number of nitrogens with two attached hydrogens (primary N) is 1. The lowest BCUT2D eigenvalue weighted by Gasteiger charge is -2.23. The molecule has 76 valence electrons. The average Bonchev–Trinajstić information content (AvgIpc) is 2.80. The molecule has 1 atom stereocenters. The normalized spacial score (nSPS) is 22.2. The lowest BCUT2D eigenvalue weighted by molar-refractivity contribution is -0.199. The molecule has 1 rings (SSSR count). The third-order valence-corrected chi connectivity index (χ3v) is 2.40. The lowest BCUT2D eigenvalue weighted by Crippen LogP contribution is -2.47. The number of ether oxygens (including phenoxy) is 1. The first-order chi connectivity index (χ1) is 5.85. The molecule has 0 aliphatic heterocycles. The Morgan fingerprint density at radius 2 is 2.00 bits per heavy atom. The molecule has 0 amide bonds. The van der Waals surface area contributed by atoms with E-state index in [9.17, 15) is 18.0 Å². The van der Waals surface area contributed by atoms with Crippen LogP contribution in [0, 0.1) is 5.41 Å². The molecule has 13 heavy (non-hydrogen) atoms. The fourth-order valence-corrected chi connectivity index (χ4v) is 1.26. The van der Waals surface area contributed by atoms with Crippen molar-refractivity contribution >= 4 is 5.97 Å². The Balaban J connectivity index is 2.77. The summed E-state index contributed by atoms with van der Waals surface area (Å²) in [5, 5.41) is 0. The van der Waals surface area contributed by atoms with Crippen molar-refractivity contribution < 1.29 is 22.7 Å². The smallest absolute Gasteiger partial charge is 0.396 e. The molecule has 3 nitrogen and oxygen atoms in total. The SMILES string of the molecule is COC(=O)C(N)C1(C(F)(F)F)CC1. The van der Waals surface area contributed by atoms with E-state index in [0.29, 0.717) is 0 Å². The van der Waals surface area contributed by atoms with Crippen LogP contribution in [0.15, 0.2) is 0 Å². The van der Waals surface area contributed by atoms with Gasteiger partial charge in [0.2, 0.25) is 0 Å². The molecule has 0 aromatic heterocycles. The predicted octanol–water partition coefficient (Wildman–Crippen LogP) is 0.829. The quantitative estimate of drug-likeness (QED) is 0.667. The van der Waals surface area contributed by atoms with Crippen LogP contribution in [0.25, 0.3) is 0 Å². The Kier molecular flexibility index (Phi) is 2.27. The number of alkyl halides is 3. The van der Waals surface area contributed by atoms with Gasteiger partial charge in [-0.3, -0.25) is 4.79 Å². The molecule has 1 fully saturated rings. The number of rotatable bonds is 2. The largest absolute Gasteiger partial charge is 0.468 e. The van der Waals surface area contributed by atoms with Gasteiger partial charge in [-0.05, 0) is 12.8 Å². The van der Waals surface area contributed by atoms with Crippen LogP contribution >= 0.6 is 0 Å². The second-order valence-electron chi connectivity index (χ2n) is 3.15. The number of halogens is 3.